The fourth-order valence-corrected chi connectivity index (χ4v) is 4.19. The first-order valence-corrected chi connectivity index (χ1v) is 12.4. The zero-order valence-corrected chi connectivity index (χ0v) is 20.8. The number of carbonyl (C=O) groups excluding carboxylic acids is 2. The minimum absolute atomic E-state index is 0.0917. The van der Waals surface area contributed by atoms with Crippen LogP contribution in [0.4, 0.5) is 4.79 Å². The Morgan fingerprint density at radius 2 is 1.83 bits per heavy atom. The summed E-state index contributed by atoms with van der Waals surface area (Å²) in [4.78, 5) is 43.1. The molecule has 2 fully saturated rings. The second-order valence-electron chi connectivity index (χ2n) is 8.99. The summed E-state index contributed by atoms with van der Waals surface area (Å²) in [6.07, 6.45) is 3.60. The van der Waals surface area contributed by atoms with Crippen molar-refractivity contribution >= 4 is 12.0 Å². The average molecular weight is 500 g/mol. The highest BCUT2D eigenvalue weighted by molar-refractivity contribution is 5.77. The zero-order chi connectivity index (χ0) is 25.5. The van der Waals surface area contributed by atoms with Crippen molar-refractivity contribution in [3.63, 3.8) is 0 Å². The number of nitrogens with one attached hydrogen (secondary N) is 1. The molecule has 0 spiro atoms. The lowest BCUT2D eigenvalue weighted by molar-refractivity contribution is -0.132. The molecule has 1 aliphatic carbocycles. The molecule has 0 atom stereocenters. The first kappa shape index (κ1) is 25.5. The normalized spacial score (nSPS) is 15.8. The van der Waals surface area contributed by atoms with Gasteiger partial charge < -0.3 is 29.0 Å². The number of methoxy groups -OCH3 is 1. The molecule has 1 saturated carbocycles. The van der Waals surface area contributed by atoms with Crippen molar-refractivity contribution in [1.29, 1.82) is 0 Å². The Labute approximate surface area is 209 Å². The van der Waals surface area contributed by atoms with Crippen LogP contribution in [0.5, 0.6) is 11.5 Å². The van der Waals surface area contributed by atoms with Crippen LogP contribution < -0.4 is 15.0 Å². The largest absolute Gasteiger partial charge is 0.493 e. The molecule has 1 aromatic carbocycles. The van der Waals surface area contributed by atoms with E-state index in [2.05, 4.69) is 15.2 Å². The molecule has 2 aliphatic rings. The maximum atomic E-state index is 12.6. The molecule has 2 amide bonds. The Balaban J connectivity index is 1.32. The van der Waals surface area contributed by atoms with Crippen LogP contribution in [0.1, 0.15) is 38.3 Å². The smallest absolute Gasteiger partial charge is 0.409 e. The van der Waals surface area contributed by atoms with Crippen molar-refractivity contribution in [2.24, 2.45) is 5.92 Å². The van der Waals surface area contributed by atoms with Gasteiger partial charge >= 0.3 is 6.09 Å². The predicted molar refractivity (Wildman–Crippen MR) is 131 cm³/mol. The van der Waals surface area contributed by atoms with E-state index in [1.54, 1.807) is 42.0 Å². The van der Waals surface area contributed by atoms with Crippen molar-refractivity contribution in [1.82, 2.24) is 25.0 Å². The number of aromatic amines is 1. The molecule has 0 bridgehead atoms. The van der Waals surface area contributed by atoms with E-state index in [0.29, 0.717) is 68.2 Å². The highest BCUT2D eigenvalue weighted by atomic mass is 16.6. The topological polar surface area (TPSA) is 127 Å². The van der Waals surface area contributed by atoms with Crippen LogP contribution in [0.3, 0.4) is 0 Å². The van der Waals surface area contributed by atoms with Gasteiger partial charge in [0.1, 0.15) is 5.69 Å². The third kappa shape index (κ3) is 6.13. The Morgan fingerprint density at radius 3 is 2.47 bits per heavy atom. The Bertz CT molecular complexity index is 1120. The minimum atomic E-state index is -0.385. The summed E-state index contributed by atoms with van der Waals surface area (Å²) in [6, 6.07) is 5.37. The number of aromatic nitrogens is 3. The van der Waals surface area contributed by atoms with Gasteiger partial charge in [-0.05, 0) is 43.9 Å². The van der Waals surface area contributed by atoms with Gasteiger partial charge in [0.05, 0.1) is 20.3 Å². The monoisotopic (exact) mass is 499 g/mol. The molecule has 0 unspecified atom stereocenters. The summed E-state index contributed by atoms with van der Waals surface area (Å²) in [5, 5.41) is 8.24. The molecule has 194 valence electrons. The van der Waals surface area contributed by atoms with Crippen LogP contribution >= 0.6 is 0 Å². The molecule has 36 heavy (non-hydrogen) atoms. The summed E-state index contributed by atoms with van der Waals surface area (Å²) in [6.45, 7) is 4.46. The fourth-order valence-electron chi connectivity index (χ4n) is 4.19. The minimum Gasteiger partial charge on any atom is -0.493 e. The standard InChI is InChI=1S/C25H33N5O6/c1-3-35-25(33)30-13-11-29(12-14-30)22(31)10-8-19-24(32)26-23(28-27-19)18-7-9-20(21(15-18)34-2)36-16-17-5-4-6-17/h7,9,15,17H,3-6,8,10-14,16H2,1-2H3,(H,26,28,32). The van der Waals surface area contributed by atoms with Crippen LogP contribution in [0.15, 0.2) is 23.0 Å². The van der Waals surface area contributed by atoms with Crippen molar-refractivity contribution in [3.05, 3.63) is 34.2 Å². The molecule has 1 aromatic heterocycles. The number of hydrogen-bond acceptors (Lipinski definition) is 8. The average Bonchev–Trinajstić information content (AvgIpc) is 2.87. The van der Waals surface area contributed by atoms with Gasteiger partial charge in [-0.2, -0.15) is 0 Å². The quantitative estimate of drug-likeness (QED) is 0.557. The molecule has 4 rings (SSSR count). The van der Waals surface area contributed by atoms with Crippen LogP contribution in [0, 0.1) is 5.92 Å². The molecule has 11 nitrogen and oxygen atoms in total. The van der Waals surface area contributed by atoms with Gasteiger partial charge in [-0.3, -0.25) is 9.59 Å². The van der Waals surface area contributed by atoms with Gasteiger partial charge in [-0.1, -0.05) is 6.42 Å². The van der Waals surface area contributed by atoms with Gasteiger partial charge in [-0.25, -0.2) is 4.79 Å². The number of carbonyl (C=O) groups is 2. The lowest BCUT2D eigenvalue weighted by atomic mass is 9.86. The second kappa shape index (κ2) is 11.9. The molecule has 0 radical (unpaired) electrons. The van der Waals surface area contributed by atoms with Gasteiger partial charge in [0, 0.05) is 44.6 Å². The van der Waals surface area contributed by atoms with E-state index in [1.807, 2.05) is 0 Å². The maximum absolute atomic E-state index is 12.6. The molecule has 11 heteroatoms. The SMILES string of the molecule is CCOC(=O)N1CCN(C(=O)CCc2nnc(-c3ccc(OCC4CCC4)c(OC)c3)[nH]c2=O)CC1. The molecule has 2 aromatic rings. The highest BCUT2D eigenvalue weighted by Crippen LogP contribution is 2.33. The first-order chi connectivity index (χ1) is 17.5. The maximum Gasteiger partial charge on any atom is 0.409 e. The summed E-state index contributed by atoms with van der Waals surface area (Å²) >= 11 is 0. The van der Waals surface area contributed by atoms with E-state index in [-0.39, 0.29) is 36.1 Å². The van der Waals surface area contributed by atoms with E-state index in [9.17, 15) is 14.4 Å². The van der Waals surface area contributed by atoms with Crippen molar-refractivity contribution in [2.45, 2.75) is 39.0 Å². The second-order valence-corrected chi connectivity index (χ2v) is 8.99. The molecule has 1 aliphatic heterocycles. The van der Waals surface area contributed by atoms with Crippen LogP contribution in [0.2, 0.25) is 0 Å². The number of benzene rings is 1. The Morgan fingerprint density at radius 1 is 1.08 bits per heavy atom. The fraction of sp³-hybridized carbons (Fsp3) is 0.560. The number of H-pyrrole nitrogens is 1. The van der Waals surface area contributed by atoms with Gasteiger partial charge in [0.2, 0.25) is 5.91 Å². The Hall–Kier alpha value is -3.63. The predicted octanol–water partition coefficient (Wildman–Crippen LogP) is 2.25. The molecular weight excluding hydrogens is 466 g/mol. The number of piperazine rings is 1. The lowest BCUT2D eigenvalue weighted by Gasteiger charge is -2.34. The summed E-state index contributed by atoms with van der Waals surface area (Å²) in [5.74, 6) is 2.04. The number of amides is 2. The number of rotatable bonds is 9. The molecule has 1 saturated heterocycles. The van der Waals surface area contributed by atoms with Gasteiger partial charge in [-0.15, -0.1) is 10.2 Å². The third-order valence-electron chi connectivity index (χ3n) is 6.64. The van der Waals surface area contributed by atoms with Gasteiger partial charge in [0.25, 0.3) is 5.56 Å². The summed E-state index contributed by atoms with van der Waals surface area (Å²) in [7, 11) is 1.57. The Kier molecular flexibility index (Phi) is 8.40. The molecule has 1 N–H and O–H groups in total. The number of nitrogens with zero attached hydrogens (tertiary/aromatic N) is 4. The lowest BCUT2D eigenvalue weighted by Crippen LogP contribution is -2.50. The van der Waals surface area contributed by atoms with E-state index in [4.69, 9.17) is 14.2 Å². The van der Waals surface area contributed by atoms with Crippen molar-refractivity contribution in [2.75, 3.05) is 46.5 Å². The van der Waals surface area contributed by atoms with E-state index >= 15 is 0 Å². The highest BCUT2D eigenvalue weighted by Gasteiger charge is 2.25. The summed E-state index contributed by atoms with van der Waals surface area (Å²) in [5.41, 5.74) is 0.462. The van der Waals surface area contributed by atoms with E-state index in [1.165, 1.54) is 19.3 Å². The number of ether oxygens (including phenoxy) is 3. The molecular formula is C25H33N5O6. The third-order valence-corrected chi connectivity index (χ3v) is 6.64. The van der Waals surface area contributed by atoms with Crippen molar-refractivity contribution in [3.8, 4) is 22.9 Å². The zero-order valence-electron chi connectivity index (χ0n) is 20.8. The van der Waals surface area contributed by atoms with Crippen LogP contribution in [-0.2, 0) is 16.0 Å². The van der Waals surface area contributed by atoms with E-state index < -0.39 is 0 Å². The first-order valence-electron chi connectivity index (χ1n) is 12.4. The van der Waals surface area contributed by atoms with Crippen molar-refractivity contribution < 1.29 is 23.8 Å². The van der Waals surface area contributed by atoms with Gasteiger partial charge in [0.15, 0.2) is 17.3 Å². The van der Waals surface area contributed by atoms with E-state index in [0.717, 1.165) is 0 Å². The van der Waals surface area contributed by atoms with Crippen LogP contribution in [-0.4, -0.2) is 83.5 Å². The number of aryl methyl sites for hydroxylation is 1. The number of hydrogen-bond donors (Lipinski definition) is 1. The molecule has 2 heterocycles. The summed E-state index contributed by atoms with van der Waals surface area (Å²) < 4.78 is 16.4. The van der Waals surface area contributed by atoms with Crippen LogP contribution in [0.25, 0.3) is 11.4 Å².